The van der Waals surface area contributed by atoms with Gasteiger partial charge in [-0.05, 0) is 54.5 Å². The molecule has 45 heavy (non-hydrogen) atoms. The molecule has 2 N–H and O–H groups in total. The molecule has 11 heteroatoms. The van der Waals surface area contributed by atoms with Crippen molar-refractivity contribution in [3.8, 4) is 27.5 Å². The van der Waals surface area contributed by atoms with Crippen molar-refractivity contribution in [1.82, 2.24) is 19.8 Å². The van der Waals surface area contributed by atoms with E-state index in [0.717, 1.165) is 40.9 Å². The molecule has 236 valence electrons. The molecule has 0 saturated carbocycles. The number of carbonyl (C=O) groups excluding carboxylic acids is 2. The lowest BCUT2D eigenvalue weighted by atomic mass is 9.97. The number of carbonyl (C=O) groups is 3. The van der Waals surface area contributed by atoms with Crippen molar-refractivity contribution in [2.75, 3.05) is 19.6 Å². The van der Waals surface area contributed by atoms with Crippen LogP contribution in [-0.4, -0.2) is 57.5 Å². The normalized spacial score (nSPS) is 12.8. The number of para-hydroxylation sites is 1. The van der Waals surface area contributed by atoms with E-state index < -0.39 is 0 Å². The summed E-state index contributed by atoms with van der Waals surface area (Å²) in [4.78, 5) is 55.9. The predicted molar refractivity (Wildman–Crippen MR) is 178 cm³/mol. The second-order valence-corrected chi connectivity index (χ2v) is 12.3. The molecule has 2 amide bonds. The van der Waals surface area contributed by atoms with Gasteiger partial charge in [-0.25, -0.2) is 4.98 Å². The molecule has 0 spiro atoms. The molecule has 0 unspecified atom stereocenters. The highest BCUT2D eigenvalue weighted by Crippen LogP contribution is 2.32. The fourth-order valence-corrected chi connectivity index (χ4v) is 6.41. The van der Waals surface area contributed by atoms with Crippen LogP contribution in [0.2, 0.25) is 5.02 Å². The number of thiazole rings is 1. The summed E-state index contributed by atoms with van der Waals surface area (Å²) in [5, 5.41) is 12.8. The number of hydrogen-bond donors (Lipinski definition) is 2. The van der Waals surface area contributed by atoms with Crippen LogP contribution in [-0.2, 0) is 28.9 Å². The van der Waals surface area contributed by atoms with Crippen LogP contribution in [0.25, 0.3) is 27.5 Å². The fraction of sp³-hybridized carbons (Fsp3) is 0.324. The summed E-state index contributed by atoms with van der Waals surface area (Å²) < 4.78 is 1.77. The van der Waals surface area contributed by atoms with Crippen molar-refractivity contribution in [2.45, 2.75) is 47.0 Å². The largest absolute Gasteiger partial charge is 0.483 e. The van der Waals surface area contributed by atoms with E-state index in [2.05, 4.69) is 33.0 Å². The van der Waals surface area contributed by atoms with E-state index in [1.807, 2.05) is 47.8 Å². The minimum Gasteiger partial charge on any atom is -0.483 e. The maximum absolute atomic E-state index is 14.6. The van der Waals surface area contributed by atoms with E-state index >= 15 is 0 Å². The van der Waals surface area contributed by atoms with Crippen molar-refractivity contribution < 1.29 is 19.5 Å². The molecule has 4 aromatic rings. The lowest BCUT2D eigenvalue weighted by molar-refractivity contribution is -0.124. The Morgan fingerprint density at radius 2 is 1.76 bits per heavy atom. The number of aromatic nitrogens is 2. The minimum atomic E-state index is -0.253. The summed E-state index contributed by atoms with van der Waals surface area (Å²) in [6.07, 6.45) is 1.98. The molecule has 2 aromatic heterocycles. The SMILES string of the molecule is CCc1cccc(CC)c1-n1c(CC(C)C)c(C(=O)N2CCNC(=O)C2)cc(-c2nc(-c3ccc(Cl)cc3)cs2)c1=O.O=CO. The third kappa shape index (κ3) is 7.51. The van der Waals surface area contributed by atoms with Crippen LogP contribution in [0.15, 0.2) is 58.7 Å². The molecule has 2 aromatic carbocycles. The zero-order valence-corrected chi connectivity index (χ0v) is 27.4. The van der Waals surface area contributed by atoms with Crippen LogP contribution in [0.5, 0.6) is 0 Å². The van der Waals surface area contributed by atoms with Crippen molar-refractivity contribution in [1.29, 1.82) is 0 Å². The molecule has 1 fully saturated rings. The maximum Gasteiger partial charge on any atom is 0.290 e. The predicted octanol–water partition coefficient (Wildman–Crippen LogP) is 5.88. The van der Waals surface area contributed by atoms with Gasteiger partial charge in [-0.15, -0.1) is 11.3 Å². The van der Waals surface area contributed by atoms with Crippen LogP contribution in [0.4, 0.5) is 0 Å². The summed E-state index contributed by atoms with van der Waals surface area (Å²) in [6.45, 7) is 8.85. The lowest BCUT2D eigenvalue weighted by Crippen LogP contribution is -2.50. The van der Waals surface area contributed by atoms with Crippen LogP contribution in [0, 0.1) is 5.92 Å². The molecular weight excluding hydrogens is 612 g/mol. The second kappa shape index (κ2) is 15.1. The topological polar surface area (TPSA) is 122 Å². The zero-order valence-electron chi connectivity index (χ0n) is 25.8. The number of halogens is 1. The smallest absolute Gasteiger partial charge is 0.290 e. The van der Waals surface area contributed by atoms with Gasteiger partial charge in [0.2, 0.25) is 5.91 Å². The number of benzene rings is 2. The van der Waals surface area contributed by atoms with Gasteiger partial charge in [0.05, 0.1) is 29.1 Å². The van der Waals surface area contributed by atoms with E-state index in [1.54, 1.807) is 15.5 Å². The Labute approximate surface area is 271 Å². The Kier molecular flexibility index (Phi) is 11.3. The van der Waals surface area contributed by atoms with Crippen molar-refractivity contribution in [3.05, 3.63) is 91.7 Å². The van der Waals surface area contributed by atoms with Gasteiger partial charge in [-0.3, -0.25) is 23.7 Å². The summed E-state index contributed by atoms with van der Waals surface area (Å²) in [5.74, 6) is -0.268. The Morgan fingerprint density at radius 3 is 2.33 bits per heavy atom. The van der Waals surface area contributed by atoms with Gasteiger partial charge in [-0.1, -0.05) is 69.6 Å². The van der Waals surface area contributed by atoms with E-state index in [4.69, 9.17) is 26.5 Å². The Hall–Kier alpha value is -4.28. The first-order chi connectivity index (χ1) is 21.6. The highest BCUT2D eigenvalue weighted by Gasteiger charge is 2.29. The second-order valence-electron chi connectivity index (χ2n) is 11.0. The third-order valence-electron chi connectivity index (χ3n) is 7.52. The van der Waals surface area contributed by atoms with Crippen molar-refractivity contribution >= 4 is 41.2 Å². The molecule has 5 rings (SSSR count). The van der Waals surface area contributed by atoms with E-state index in [9.17, 15) is 14.4 Å². The highest BCUT2D eigenvalue weighted by molar-refractivity contribution is 7.13. The van der Waals surface area contributed by atoms with Gasteiger partial charge in [0.1, 0.15) is 5.01 Å². The van der Waals surface area contributed by atoms with Gasteiger partial charge in [0.15, 0.2) is 0 Å². The van der Waals surface area contributed by atoms with Gasteiger partial charge in [0, 0.05) is 34.7 Å². The first kappa shape index (κ1) is 33.6. The minimum absolute atomic E-state index is 0.0157. The molecule has 0 bridgehead atoms. The monoisotopic (exact) mass is 648 g/mol. The maximum atomic E-state index is 14.6. The molecule has 0 radical (unpaired) electrons. The van der Waals surface area contributed by atoms with E-state index in [0.29, 0.717) is 46.4 Å². The standard InChI is InChI=1S/C33H35ClN4O3S.CH2O2/c1-5-21-8-7-9-22(6-2)30(21)38-28(16-20(3)4)25(32(40)37-15-14-35-29(39)18-37)17-26(33(38)41)31-36-27(19-42-31)23-10-12-24(34)13-11-23;2-1-3/h7-13,17,19-20H,5-6,14-16,18H2,1-4H3,(H,35,39);1H,(H,2,3). The zero-order chi connectivity index (χ0) is 32.7. The third-order valence-corrected chi connectivity index (χ3v) is 8.65. The number of amides is 2. The Balaban J connectivity index is 0.00000148. The molecule has 3 heterocycles. The molecule has 9 nitrogen and oxygen atoms in total. The number of pyridine rings is 1. The van der Waals surface area contributed by atoms with E-state index in [-0.39, 0.29) is 36.3 Å². The molecule has 1 saturated heterocycles. The van der Waals surface area contributed by atoms with Crippen molar-refractivity contribution in [2.24, 2.45) is 5.92 Å². The number of nitrogens with zero attached hydrogens (tertiary/aromatic N) is 3. The molecule has 1 aliphatic heterocycles. The highest BCUT2D eigenvalue weighted by atomic mass is 35.5. The van der Waals surface area contributed by atoms with Crippen LogP contribution in [0.3, 0.4) is 0 Å². The first-order valence-electron chi connectivity index (χ1n) is 14.9. The van der Waals surface area contributed by atoms with Gasteiger partial charge < -0.3 is 15.3 Å². The van der Waals surface area contributed by atoms with Gasteiger partial charge >= 0.3 is 0 Å². The molecule has 1 aliphatic rings. The van der Waals surface area contributed by atoms with Crippen LogP contribution >= 0.6 is 22.9 Å². The molecule has 0 atom stereocenters. The molecular formula is C34H37ClN4O5S. The average Bonchev–Trinajstić information content (AvgIpc) is 3.51. The summed E-state index contributed by atoms with van der Waals surface area (Å²) in [6, 6.07) is 15.2. The quantitative estimate of drug-likeness (QED) is 0.230. The summed E-state index contributed by atoms with van der Waals surface area (Å²) >= 11 is 7.46. The Morgan fingerprint density at radius 1 is 1.11 bits per heavy atom. The van der Waals surface area contributed by atoms with Gasteiger partial charge in [0.25, 0.3) is 17.9 Å². The number of rotatable bonds is 8. The van der Waals surface area contributed by atoms with Crippen molar-refractivity contribution in [3.63, 3.8) is 0 Å². The average molecular weight is 649 g/mol. The van der Waals surface area contributed by atoms with Crippen LogP contribution in [0.1, 0.15) is 54.9 Å². The lowest BCUT2D eigenvalue weighted by Gasteiger charge is -2.29. The first-order valence-corrected chi connectivity index (χ1v) is 16.1. The van der Waals surface area contributed by atoms with Crippen LogP contribution < -0.4 is 10.9 Å². The molecule has 0 aliphatic carbocycles. The van der Waals surface area contributed by atoms with E-state index in [1.165, 1.54) is 11.3 Å². The van der Waals surface area contributed by atoms with Gasteiger partial charge in [-0.2, -0.15) is 0 Å². The number of hydrogen-bond acceptors (Lipinski definition) is 6. The summed E-state index contributed by atoms with van der Waals surface area (Å²) in [7, 11) is 0. The number of carboxylic acid groups (broad SMARTS) is 1. The fourth-order valence-electron chi connectivity index (χ4n) is 5.45. The number of aryl methyl sites for hydroxylation is 2. The Bertz CT molecular complexity index is 1720. The number of piperazine rings is 1. The summed E-state index contributed by atoms with van der Waals surface area (Å²) in [5.41, 5.74) is 5.79. The number of nitrogens with one attached hydrogen (secondary N) is 1.